The van der Waals surface area contributed by atoms with Crippen molar-refractivity contribution in [3.63, 3.8) is 0 Å². The van der Waals surface area contributed by atoms with Crippen molar-refractivity contribution >= 4 is 17.7 Å². The molecule has 1 fully saturated rings. The van der Waals surface area contributed by atoms with Gasteiger partial charge in [0.2, 0.25) is 0 Å². The molecule has 1 aromatic rings. The van der Waals surface area contributed by atoms with Gasteiger partial charge in [0, 0.05) is 24.9 Å². The van der Waals surface area contributed by atoms with Crippen LogP contribution < -0.4 is 15.4 Å². The van der Waals surface area contributed by atoms with Crippen LogP contribution in [-0.2, 0) is 6.42 Å². The van der Waals surface area contributed by atoms with E-state index in [0.717, 1.165) is 29.9 Å². The van der Waals surface area contributed by atoms with E-state index in [1.807, 2.05) is 30.9 Å². The topological polar surface area (TPSA) is 45.7 Å². The summed E-state index contributed by atoms with van der Waals surface area (Å²) in [6.45, 7) is 0.880. The van der Waals surface area contributed by atoms with E-state index in [9.17, 15) is 0 Å². The minimum Gasteiger partial charge on any atom is -0.497 e. The Morgan fingerprint density at radius 3 is 2.68 bits per heavy atom. The molecule has 5 heteroatoms. The lowest BCUT2D eigenvalue weighted by atomic mass is 10.1. The van der Waals surface area contributed by atoms with E-state index in [1.54, 1.807) is 7.11 Å². The van der Waals surface area contributed by atoms with Crippen molar-refractivity contribution in [1.29, 1.82) is 0 Å². The fourth-order valence-corrected chi connectivity index (χ4v) is 3.59. The van der Waals surface area contributed by atoms with Crippen molar-refractivity contribution in [2.75, 3.05) is 27.0 Å². The molecular weight excluding hydrogens is 294 g/mol. The van der Waals surface area contributed by atoms with Crippen molar-refractivity contribution in [2.45, 2.75) is 37.0 Å². The van der Waals surface area contributed by atoms with E-state index in [4.69, 9.17) is 4.74 Å². The van der Waals surface area contributed by atoms with Gasteiger partial charge in [0.1, 0.15) is 5.75 Å². The SMILES string of the molecule is CN=C(NCCc1ccc(OC)cc1)NC1CCC(SC)C1. The van der Waals surface area contributed by atoms with Gasteiger partial charge < -0.3 is 15.4 Å². The minimum absolute atomic E-state index is 0.560. The first-order valence-corrected chi connectivity index (χ1v) is 9.17. The molecule has 0 aliphatic heterocycles. The maximum atomic E-state index is 5.18. The number of aliphatic imine (C=N–C) groups is 1. The second-order valence-electron chi connectivity index (χ2n) is 5.61. The van der Waals surface area contributed by atoms with Crippen LogP contribution in [0.15, 0.2) is 29.3 Å². The lowest BCUT2D eigenvalue weighted by Gasteiger charge is -2.17. The van der Waals surface area contributed by atoms with E-state index >= 15 is 0 Å². The van der Waals surface area contributed by atoms with Crippen molar-refractivity contribution < 1.29 is 4.74 Å². The Bertz CT molecular complexity index is 475. The number of nitrogens with one attached hydrogen (secondary N) is 2. The van der Waals surface area contributed by atoms with Gasteiger partial charge in [-0.15, -0.1) is 0 Å². The van der Waals surface area contributed by atoms with E-state index in [-0.39, 0.29) is 0 Å². The Kier molecular flexibility index (Phi) is 6.90. The third kappa shape index (κ3) is 5.13. The Balaban J connectivity index is 1.72. The monoisotopic (exact) mass is 321 g/mol. The Morgan fingerprint density at radius 2 is 2.09 bits per heavy atom. The molecule has 122 valence electrons. The van der Waals surface area contributed by atoms with Crippen LogP contribution in [0.5, 0.6) is 5.75 Å². The lowest BCUT2D eigenvalue weighted by Crippen LogP contribution is -2.43. The van der Waals surface area contributed by atoms with Crippen molar-refractivity contribution in [3.05, 3.63) is 29.8 Å². The first-order chi connectivity index (χ1) is 10.7. The summed E-state index contributed by atoms with van der Waals surface area (Å²) in [4.78, 5) is 4.33. The molecule has 1 aromatic carbocycles. The third-order valence-corrected chi connectivity index (χ3v) is 5.24. The summed E-state index contributed by atoms with van der Waals surface area (Å²) in [6.07, 6.45) is 6.96. The van der Waals surface area contributed by atoms with E-state index in [0.29, 0.717) is 6.04 Å². The highest BCUT2D eigenvalue weighted by Gasteiger charge is 2.24. The van der Waals surface area contributed by atoms with E-state index < -0.39 is 0 Å². The lowest BCUT2D eigenvalue weighted by molar-refractivity contribution is 0.414. The molecule has 0 amide bonds. The Hall–Kier alpha value is -1.36. The van der Waals surface area contributed by atoms with Gasteiger partial charge >= 0.3 is 0 Å². The van der Waals surface area contributed by atoms with Crippen LogP contribution in [0.1, 0.15) is 24.8 Å². The van der Waals surface area contributed by atoms with E-state index in [2.05, 4.69) is 34.0 Å². The first-order valence-electron chi connectivity index (χ1n) is 7.88. The quantitative estimate of drug-likeness (QED) is 0.625. The number of methoxy groups -OCH3 is 1. The van der Waals surface area contributed by atoms with Gasteiger partial charge in [0.25, 0.3) is 0 Å². The van der Waals surface area contributed by atoms with Gasteiger partial charge in [-0.2, -0.15) is 11.8 Å². The summed E-state index contributed by atoms with van der Waals surface area (Å²) in [5.74, 6) is 1.82. The predicted molar refractivity (Wildman–Crippen MR) is 96.1 cm³/mol. The zero-order chi connectivity index (χ0) is 15.8. The van der Waals surface area contributed by atoms with Gasteiger partial charge in [0.15, 0.2) is 5.96 Å². The second-order valence-corrected chi connectivity index (χ2v) is 6.75. The maximum Gasteiger partial charge on any atom is 0.191 e. The molecule has 0 saturated heterocycles. The summed E-state index contributed by atoms with van der Waals surface area (Å²) in [5.41, 5.74) is 1.30. The molecule has 1 saturated carbocycles. The van der Waals surface area contributed by atoms with Gasteiger partial charge in [-0.1, -0.05) is 12.1 Å². The highest BCUT2D eigenvalue weighted by atomic mass is 32.2. The zero-order valence-corrected chi connectivity index (χ0v) is 14.6. The first kappa shape index (κ1) is 17.0. The highest BCUT2D eigenvalue weighted by molar-refractivity contribution is 7.99. The Labute approximate surface area is 138 Å². The summed E-state index contributed by atoms with van der Waals surface area (Å²) in [7, 11) is 3.53. The molecule has 2 atom stereocenters. The average Bonchev–Trinajstić information content (AvgIpc) is 3.02. The average molecular weight is 321 g/mol. The molecule has 2 N–H and O–H groups in total. The summed E-state index contributed by atoms with van der Waals surface area (Å²) in [5, 5.41) is 7.75. The molecule has 0 bridgehead atoms. The van der Waals surface area contributed by atoms with Crippen LogP contribution in [0.2, 0.25) is 0 Å². The molecule has 4 nitrogen and oxygen atoms in total. The number of thioether (sulfide) groups is 1. The molecule has 0 heterocycles. The van der Waals surface area contributed by atoms with Gasteiger partial charge in [0.05, 0.1) is 7.11 Å². The molecule has 2 rings (SSSR count). The van der Waals surface area contributed by atoms with Gasteiger partial charge in [-0.25, -0.2) is 0 Å². The summed E-state index contributed by atoms with van der Waals surface area (Å²) < 4.78 is 5.18. The predicted octanol–water partition coefficient (Wildman–Crippen LogP) is 2.69. The Morgan fingerprint density at radius 1 is 1.32 bits per heavy atom. The van der Waals surface area contributed by atoms with Crippen LogP contribution in [0.3, 0.4) is 0 Å². The zero-order valence-electron chi connectivity index (χ0n) is 13.8. The molecule has 22 heavy (non-hydrogen) atoms. The van der Waals surface area contributed by atoms with Crippen molar-refractivity contribution in [2.24, 2.45) is 4.99 Å². The number of hydrogen-bond acceptors (Lipinski definition) is 3. The van der Waals surface area contributed by atoms with Crippen LogP contribution in [0.4, 0.5) is 0 Å². The molecule has 0 radical (unpaired) electrons. The third-order valence-electron chi connectivity index (χ3n) is 4.15. The molecule has 0 aromatic heterocycles. The molecule has 1 aliphatic carbocycles. The number of hydrogen-bond donors (Lipinski definition) is 2. The summed E-state index contributed by atoms with van der Waals surface area (Å²) in [6, 6.07) is 8.78. The van der Waals surface area contributed by atoms with Crippen molar-refractivity contribution in [3.8, 4) is 5.75 Å². The number of rotatable bonds is 6. The largest absolute Gasteiger partial charge is 0.497 e. The standard InChI is InChI=1S/C17H27N3OS/c1-18-17(20-14-6-9-16(12-14)22-3)19-11-10-13-4-7-15(21-2)8-5-13/h4-5,7-8,14,16H,6,9-12H2,1-3H3,(H2,18,19,20). The molecule has 1 aliphatic rings. The smallest absolute Gasteiger partial charge is 0.191 e. The van der Waals surface area contributed by atoms with Crippen LogP contribution in [-0.4, -0.2) is 44.2 Å². The number of benzene rings is 1. The van der Waals surface area contributed by atoms with Gasteiger partial charge in [-0.3, -0.25) is 4.99 Å². The number of guanidine groups is 1. The fourth-order valence-electron chi connectivity index (χ4n) is 2.79. The van der Waals surface area contributed by atoms with E-state index in [1.165, 1.54) is 24.8 Å². The van der Waals surface area contributed by atoms with Crippen LogP contribution in [0, 0.1) is 0 Å². The maximum absolute atomic E-state index is 5.18. The van der Waals surface area contributed by atoms with Crippen LogP contribution >= 0.6 is 11.8 Å². The fraction of sp³-hybridized carbons (Fsp3) is 0.588. The normalized spacial score (nSPS) is 21.7. The highest BCUT2D eigenvalue weighted by Crippen LogP contribution is 2.27. The number of nitrogens with zero attached hydrogens (tertiary/aromatic N) is 1. The number of ether oxygens (including phenoxy) is 1. The minimum atomic E-state index is 0.560. The van der Waals surface area contributed by atoms with Crippen LogP contribution in [0.25, 0.3) is 0 Å². The molecule has 2 unspecified atom stereocenters. The molecule has 0 spiro atoms. The summed E-state index contributed by atoms with van der Waals surface area (Å²) >= 11 is 1.98. The van der Waals surface area contributed by atoms with Crippen molar-refractivity contribution in [1.82, 2.24) is 10.6 Å². The molecular formula is C17H27N3OS. The van der Waals surface area contributed by atoms with Gasteiger partial charge in [-0.05, 0) is 49.6 Å². The second kappa shape index (κ2) is 8.93.